The predicted molar refractivity (Wildman–Crippen MR) is 60.3 cm³/mol. The number of benzene rings is 1. The van der Waals surface area contributed by atoms with Crippen LogP contribution >= 0.6 is 0 Å². The van der Waals surface area contributed by atoms with Gasteiger partial charge in [-0.1, -0.05) is 0 Å². The van der Waals surface area contributed by atoms with Gasteiger partial charge in [-0.2, -0.15) is 5.10 Å². The smallest absolute Gasteiger partial charge is 0.251 e. The van der Waals surface area contributed by atoms with Crippen molar-refractivity contribution < 1.29 is 9.18 Å². The number of hydrogen-bond donors (Lipinski definition) is 2. The molecule has 0 aliphatic carbocycles. The van der Waals surface area contributed by atoms with Gasteiger partial charge >= 0.3 is 0 Å². The van der Waals surface area contributed by atoms with Crippen LogP contribution in [0.4, 0.5) is 4.39 Å². The molecule has 0 spiro atoms. The third-order valence-electron chi connectivity index (χ3n) is 2.76. The maximum Gasteiger partial charge on any atom is 0.251 e. The van der Waals surface area contributed by atoms with Crippen LogP contribution in [-0.2, 0) is 0 Å². The first-order valence-electron chi connectivity index (χ1n) is 5.03. The van der Waals surface area contributed by atoms with Crippen molar-refractivity contribution in [2.24, 2.45) is 5.73 Å². The molecule has 0 aliphatic heterocycles. The summed E-state index contributed by atoms with van der Waals surface area (Å²) in [5.74, 6) is -1.18. The average Bonchev–Trinajstić information content (AvgIpc) is 2.77. The molecule has 3 aromatic rings. The van der Waals surface area contributed by atoms with Crippen LogP contribution in [0.1, 0.15) is 15.9 Å². The van der Waals surface area contributed by atoms with E-state index in [0.29, 0.717) is 11.0 Å². The first-order valence-corrected chi connectivity index (χ1v) is 5.03. The molecule has 5 nitrogen and oxygen atoms in total. The molecule has 0 saturated heterocycles. The Morgan fingerprint density at radius 2 is 2.29 bits per heavy atom. The second kappa shape index (κ2) is 3.07. The van der Waals surface area contributed by atoms with E-state index in [1.807, 2.05) is 6.92 Å². The van der Waals surface area contributed by atoms with Crippen molar-refractivity contribution in [1.29, 1.82) is 0 Å². The van der Waals surface area contributed by atoms with Crippen LogP contribution in [0.2, 0.25) is 0 Å². The SMILES string of the molecule is Cc1cnn2c1[nH]c1cc(F)cc(C(N)=O)c12. The maximum absolute atomic E-state index is 13.3. The van der Waals surface area contributed by atoms with Crippen LogP contribution in [0.15, 0.2) is 18.3 Å². The van der Waals surface area contributed by atoms with Crippen molar-refractivity contribution >= 4 is 22.6 Å². The lowest BCUT2D eigenvalue weighted by Crippen LogP contribution is -2.12. The Bertz CT molecular complexity index is 756. The molecule has 0 radical (unpaired) electrons. The molecular formula is C11H9FN4O. The van der Waals surface area contributed by atoms with E-state index in [1.165, 1.54) is 6.07 Å². The van der Waals surface area contributed by atoms with Crippen LogP contribution < -0.4 is 5.73 Å². The molecule has 0 fully saturated rings. The Kier molecular flexibility index (Phi) is 1.77. The van der Waals surface area contributed by atoms with Gasteiger partial charge in [-0.15, -0.1) is 0 Å². The number of nitrogens with zero attached hydrogens (tertiary/aromatic N) is 2. The molecule has 86 valence electrons. The lowest BCUT2D eigenvalue weighted by Gasteiger charge is -1.99. The number of primary amides is 1. The van der Waals surface area contributed by atoms with E-state index >= 15 is 0 Å². The number of H-pyrrole nitrogens is 1. The van der Waals surface area contributed by atoms with Crippen molar-refractivity contribution in [3.8, 4) is 0 Å². The van der Waals surface area contributed by atoms with Gasteiger partial charge in [0.1, 0.15) is 17.0 Å². The van der Waals surface area contributed by atoms with E-state index < -0.39 is 11.7 Å². The van der Waals surface area contributed by atoms with Gasteiger partial charge in [0.05, 0.1) is 17.3 Å². The number of nitrogens with one attached hydrogen (secondary N) is 1. The van der Waals surface area contributed by atoms with Gasteiger partial charge in [-0.05, 0) is 19.1 Å². The minimum Gasteiger partial charge on any atom is -0.366 e. The monoisotopic (exact) mass is 232 g/mol. The number of aromatic amines is 1. The summed E-state index contributed by atoms with van der Waals surface area (Å²) in [5.41, 5.74) is 8.02. The molecule has 2 aromatic heterocycles. The number of carbonyl (C=O) groups is 1. The Balaban J connectivity index is 2.57. The molecule has 2 heterocycles. The summed E-state index contributed by atoms with van der Waals surface area (Å²) >= 11 is 0. The average molecular weight is 232 g/mol. The fourth-order valence-corrected chi connectivity index (χ4v) is 1.99. The summed E-state index contributed by atoms with van der Waals surface area (Å²) in [7, 11) is 0. The van der Waals surface area contributed by atoms with Crippen LogP contribution in [0, 0.1) is 12.7 Å². The fourth-order valence-electron chi connectivity index (χ4n) is 1.99. The lowest BCUT2D eigenvalue weighted by atomic mass is 10.1. The van der Waals surface area contributed by atoms with Gasteiger partial charge in [-0.3, -0.25) is 4.79 Å². The Hall–Kier alpha value is -2.37. The Morgan fingerprint density at radius 3 is 3.00 bits per heavy atom. The molecule has 3 N–H and O–H groups in total. The molecular weight excluding hydrogens is 223 g/mol. The standard InChI is InChI=1S/C11H9FN4O/c1-5-4-14-16-9-7(10(13)17)2-6(12)3-8(9)15-11(5)16/h2-4,15H,1H3,(H2,13,17). The van der Waals surface area contributed by atoms with Crippen LogP contribution in [0.25, 0.3) is 16.7 Å². The number of halogens is 1. The van der Waals surface area contributed by atoms with E-state index in [0.717, 1.165) is 17.3 Å². The topological polar surface area (TPSA) is 76.2 Å². The second-order valence-electron chi connectivity index (χ2n) is 3.93. The summed E-state index contributed by atoms with van der Waals surface area (Å²) in [5, 5.41) is 4.13. The highest BCUT2D eigenvalue weighted by Crippen LogP contribution is 2.23. The normalized spacial score (nSPS) is 11.4. The number of imidazole rings is 1. The fraction of sp³-hybridized carbons (Fsp3) is 0.0909. The summed E-state index contributed by atoms with van der Waals surface area (Å²) in [4.78, 5) is 14.3. The molecule has 0 bridgehead atoms. The second-order valence-corrected chi connectivity index (χ2v) is 3.93. The van der Waals surface area contributed by atoms with Crippen molar-refractivity contribution in [2.75, 3.05) is 0 Å². The Morgan fingerprint density at radius 1 is 1.53 bits per heavy atom. The highest BCUT2D eigenvalue weighted by molar-refractivity contribution is 6.05. The van der Waals surface area contributed by atoms with Crippen molar-refractivity contribution in [1.82, 2.24) is 14.6 Å². The van der Waals surface area contributed by atoms with Gasteiger partial charge in [0.25, 0.3) is 5.91 Å². The van der Waals surface area contributed by atoms with E-state index in [2.05, 4.69) is 10.1 Å². The predicted octanol–water partition coefficient (Wildman–Crippen LogP) is 1.36. The van der Waals surface area contributed by atoms with E-state index in [-0.39, 0.29) is 5.56 Å². The van der Waals surface area contributed by atoms with Crippen molar-refractivity contribution in [3.63, 3.8) is 0 Å². The molecule has 17 heavy (non-hydrogen) atoms. The van der Waals surface area contributed by atoms with E-state index in [1.54, 1.807) is 10.7 Å². The zero-order valence-electron chi connectivity index (χ0n) is 8.99. The van der Waals surface area contributed by atoms with Crippen molar-refractivity contribution in [2.45, 2.75) is 6.92 Å². The molecule has 1 aromatic carbocycles. The molecule has 0 atom stereocenters. The number of hydrogen-bond acceptors (Lipinski definition) is 2. The number of nitrogens with two attached hydrogens (primary N) is 1. The minimum atomic E-state index is -0.677. The number of fused-ring (bicyclic) bond motifs is 3. The zero-order chi connectivity index (χ0) is 12.2. The number of amides is 1. The molecule has 0 unspecified atom stereocenters. The third-order valence-corrected chi connectivity index (χ3v) is 2.76. The molecule has 0 aliphatic rings. The van der Waals surface area contributed by atoms with Gasteiger partial charge in [0.2, 0.25) is 0 Å². The van der Waals surface area contributed by atoms with Crippen molar-refractivity contribution in [3.05, 3.63) is 35.3 Å². The third kappa shape index (κ3) is 1.24. The number of aryl methyl sites for hydroxylation is 1. The molecule has 6 heteroatoms. The summed E-state index contributed by atoms with van der Waals surface area (Å²) in [6.45, 7) is 1.87. The van der Waals surface area contributed by atoms with Gasteiger partial charge in [0.15, 0.2) is 0 Å². The first kappa shape index (κ1) is 9.83. The zero-order valence-corrected chi connectivity index (χ0v) is 8.99. The van der Waals surface area contributed by atoms with Gasteiger partial charge < -0.3 is 10.7 Å². The molecule has 0 saturated carbocycles. The van der Waals surface area contributed by atoms with E-state index in [4.69, 9.17) is 5.73 Å². The summed E-state index contributed by atoms with van der Waals surface area (Å²) < 4.78 is 14.9. The van der Waals surface area contributed by atoms with Gasteiger partial charge in [0, 0.05) is 5.56 Å². The molecule has 3 rings (SSSR count). The largest absolute Gasteiger partial charge is 0.366 e. The maximum atomic E-state index is 13.3. The quantitative estimate of drug-likeness (QED) is 0.664. The first-order chi connectivity index (χ1) is 8.08. The van der Waals surface area contributed by atoms with Crippen LogP contribution in [0.3, 0.4) is 0 Å². The number of carbonyl (C=O) groups excluding carboxylic acids is 1. The van der Waals surface area contributed by atoms with Gasteiger partial charge in [-0.25, -0.2) is 8.91 Å². The summed E-state index contributed by atoms with van der Waals surface area (Å²) in [6.07, 6.45) is 1.67. The molecule has 1 amide bonds. The highest BCUT2D eigenvalue weighted by Gasteiger charge is 2.16. The Labute approximate surface area is 95.0 Å². The highest BCUT2D eigenvalue weighted by atomic mass is 19.1. The number of aromatic nitrogens is 3. The van der Waals surface area contributed by atoms with Crippen LogP contribution in [0.5, 0.6) is 0 Å². The lowest BCUT2D eigenvalue weighted by molar-refractivity contribution is 0.100. The summed E-state index contributed by atoms with van der Waals surface area (Å²) in [6, 6.07) is 2.44. The minimum absolute atomic E-state index is 0.120. The van der Waals surface area contributed by atoms with Crippen LogP contribution in [-0.4, -0.2) is 20.5 Å². The number of rotatable bonds is 1. The van der Waals surface area contributed by atoms with E-state index in [9.17, 15) is 9.18 Å².